The second-order valence-corrected chi connectivity index (χ2v) is 5.09. The third-order valence-corrected chi connectivity index (χ3v) is 3.40. The van der Waals surface area contributed by atoms with Gasteiger partial charge in [0.25, 0.3) is 0 Å². The number of carbonyl (C=O) groups excluding carboxylic acids is 1. The first kappa shape index (κ1) is 12.9. The molecule has 3 heteroatoms. The lowest BCUT2D eigenvalue weighted by atomic mass is 10.1. The van der Waals surface area contributed by atoms with Gasteiger partial charge in [-0.05, 0) is 37.0 Å². The first-order chi connectivity index (χ1) is 8.70. The Balaban J connectivity index is 1.93. The number of rotatable bonds is 6. The molecule has 0 atom stereocenters. The van der Waals surface area contributed by atoms with Crippen LogP contribution >= 0.6 is 0 Å². The third-order valence-electron chi connectivity index (χ3n) is 3.40. The summed E-state index contributed by atoms with van der Waals surface area (Å²) in [5.41, 5.74) is 7.44. The maximum atomic E-state index is 12.3. The normalized spacial score (nSPS) is 14.5. The number of carbonyl (C=O) groups is 1. The van der Waals surface area contributed by atoms with Crippen LogP contribution in [0.2, 0.25) is 0 Å². The lowest BCUT2D eigenvalue weighted by Gasteiger charge is -2.22. The van der Waals surface area contributed by atoms with Gasteiger partial charge in [-0.1, -0.05) is 25.5 Å². The van der Waals surface area contributed by atoms with E-state index in [1.807, 2.05) is 24.3 Å². The average Bonchev–Trinajstić information content (AvgIpc) is 3.17. The maximum absolute atomic E-state index is 12.3. The SMILES string of the molecule is CCCCN(C(=O)Cc1ccc(N)cc1)C1CC1. The van der Waals surface area contributed by atoms with Crippen LogP contribution in [0, 0.1) is 0 Å². The molecule has 0 heterocycles. The topological polar surface area (TPSA) is 46.3 Å². The van der Waals surface area contributed by atoms with Crippen LogP contribution in [0.25, 0.3) is 0 Å². The molecule has 2 rings (SSSR count). The Morgan fingerprint density at radius 1 is 1.33 bits per heavy atom. The standard InChI is InChI=1S/C15H22N2O/c1-2-3-10-17(14-8-9-14)15(18)11-12-4-6-13(16)7-5-12/h4-7,14H,2-3,8-11,16H2,1H3. The van der Waals surface area contributed by atoms with Gasteiger partial charge in [-0.3, -0.25) is 4.79 Å². The summed E-state index contributed by atoms with van der Waals surface area (Å²) in [6.45, 7) is 3.07. The highest BCUT2D eigenvalue weighted by molar-refractivity contribution is 5.79. The van der Waals surface area contributed by atoms with E-state index in [4.69, 9.17) is 5.73 Å². The molecule has 0 unspecified atom stereocenters. The van der Waals surface area contributed by atoms with E-state index in [0.717, 1.165) is 30.6 Å². The van der Waals surface area contributed by atoms with Gasteiger partial charge in [0, 0.05) is 18.3 Å². The number of unbranched alkanes of at least 4 members (excludes halogenated alkanes) is 1. The summed E-state index contributed by atoms with van der Waals surface area (Å²) in [7, 11) is 0. The van der Waals surface area contributed by atoms with Crippen LogP contribution in [0.5, 0.6) is 0 Å². The van der Waals surface area contributed by atoms with E-state index in [1.165, 1.54) is 12.8 Å². The predicted molar refractivity (Wildman–Crippen MR) is 74.2 cm³/mol. The molecule has 0 aliphatic heterocycles. The molecule has 0 bridgehead atoms. The van der Waals surface area contributed by atoms with Gasteiger partial charge >= 0.3 is 0 Å². The molecule has 3 nitrogen and oxygen atoms in total. The maximum Gasteiger partial charge on any atom is 0.227 e. The van der Waals surface area contributed by atoms with Crippen molar-refractivity contribution in [2.24, 2.45) is 0 Å². The summed E-state index contributed by atoms with van der Waals surface area (Å²) in [5.74, 6) is 0.260. The number of nitrogens with two attached hydrogens (primary N) is 1. The smallest absolute Gasteiger partial charge is 0.227 e. The molecule has 18 heavy (non-hydrogen) atoms. The fourth-order valence-corrected chi connectivity index (χ4v) is 2.14. The van der Waals surface area contributed by atoms with E-state index in [0.29, 0.717) is 12.5 Å². The lowest BCUT2D eigenvalue weighted by Crippen LogP contribution is -2.35. The van der Waals surface area contributed by atoms with Crippen LogP contribution in [-0.2, 0) is 11.2 Å². The molecule has 1 fully saturated rings. The van der Waals surface area contributed by atoms with Gasteiger partial charge in [0.2, 0.25) is 5.91 Å². The van der Waals surface area contributed by atoms with Crippen molar-refractivity contribution in [1.29, 1.82) is 0 Å². The number of anilines is 1. The average molecular weight is 246 g/mol. The van der Waals surface area contributed by atoms with Gasteiger partial charge in [0.05, 0.1) is 6.42 Å². The monoisotopic (exact) mass is 246 g/mol. The summed E-state index contributed by atoms with van der Waals surface area (Å²) in [4.78, 5) is 14.3. The molecule has 0 spiro atoms. The highest BCUT2D eigenvalue weighted by Gasteiger charge is 2.31. The van der Waals surface area contributed by atoms with Crippen molar-refractivity contribution < 1.29 is 4.79 Å². The summed E-state index contributed by atoms with van der Waals surface area (Å²) in [5, 5.41) is 0. The molecule has 1 aromatic carbocycles. The summed E-state index contributed by atoms with van der Waals surface area (Å²) in [6, 6.07) is 8.11. The van der Waals surface area contributed by atoms with Crippen molar-refractivity contribution in [3.63, 3.8) is 0 Å². The van der Waals surface area contributed by atoms with Crippen LogP contribution in [0.15, 0.2) is 24.3 Å². The Labute approximate surface area is 109 Å². The Bertz CT molecular complexity index is 395. The van der Waals surface area contributed by atoms with Crippen molar-refractivity contribution in [1.82, 2.24) is 4.90 Å². The van der Waals surface area contributed by atoms with Crippen molar-refractivity contribution >= 4 is 11.6 Å². The van der Waals surface area contributed by atoms with Crippen molar-refractivity contribution in [3.05, 3.63) is 29.8 Å². The fraction of sp³-hybridized carbons (Fsp3) is 0.533. The van der Waals surface area contributed by atoms with Crippen LogP contribution in [-0.4, -0.2) is 23.4 Å². The first-order valence-corrected chi connectivity index (χ1v) is 6.84. The second-order valence-electron chi connectivity index (χ2n) is 5.09. The van der Waals surface area contributed by atoms with Gasteiger partial charge in [0.1, 0.15) is 0 Å². The molecule has 1 amide bonds. The Morgan fingerprint density at radius 3 is 2.56 bits per heavy atom. The van der Waals surface area contributed by atoms with Gasteiger partial charge < -0.3 is 10.6 Å². The number of amides is 1. The molecular formula is C15H22N2O. The Hall–Kier alpha value is -1.51. The fourth-order valence-electron chi connectivity index (χ4n) is 2.14. The zero-order valence-corrected chi connectivity index (χ0v) is 11.1. The van der Waals surface area contributed by atoms with Crippen molar-refractivity contribution in [2.45, 2.75) is 45.1 Å². The molecule has 2 N–H and O–H groups in total. The Morgan fingerprint density at radius 2 is 2.00 bits per heavy atom. The van der Waals surface area contributed by atoms with Crippen molar-refractivity contribution in [3.8, 4) is 0 Å². The minimum atomic E-state index is 0.260. The van der Waals surface area contributed by atoms with E-state index in [9.17, 15) is 4.79 Å². The highest BCUT2D eigenvalue weighted by atomic mass is 16.2. The van der Waals surface area contributed by atoms with Crippen LogP contribution in [0.3, 0.4) is 0 Å². The largest absolute Gasteiger partial charge is 0.399 e. The number of hydrogen-bond donors (Lipinski definition) is 1. The van der Waals surface area contributed by atoms with Gasteiger partial charge in [-0.25, -0.2) is 0 Å². The third kappa shape index (κ3) is 3.49. The van der Waals surface area contributed by atoms with E-state index in [-0.39, 0.29) is 5.91 Å². The first-order valence-electron chi connectivity index (χ1n) is 6.84. The number of benzene rings is 1. The summed E-state index contributed by atoms with van der Waals surface area (Å²) >= 11 is 0. The van der Waals surface area contributed by atoms with Gasteiger partial charge in [-0.2, -0.15) is 0 Å². The minimum Gasteiger partial charge on any atom is -0.399 e. The van der Waals surface area contributed by atoms with Crippen molar-refractivity contribution in [2.75, 3.05) is 12.3 Å². The number of hydrogen-bond acceptors (Lipinski definition) is 2. The van der Waals surface area contributed by atoms with Crippen LogP contribution < -0.4 is 5.73 Å². The molecule has 1 aliphatic carbocycles. The summed E-state index contributed by atoms with van der Waals surface area (Å²) in [6.07, 6.45) is 5.09. The zero-order valence-electron chi connectivity index (χ0n) is 11.1. The van der Waals surface area contributed by atoms with Gasteiger partial charge in [-0.15, -0.1) is 0 Å². The molecule has 0 radical (unpaired) electrons. The van der Waals surface area contributed by atoms with Gasteiger partial charge in [0.15, 0.2) is 0 Å². The number of nitrogen functional groups attached to an aromatic ring is 1. The quantitative estimate of drug-likeness (QED) is 0.784. The zero-order chi connectivity index (χ0) is 13.0. The van der Waals surface area contributed by atoms with E-state index >= 15 is 0 Å². The molecule has 0 aromatic heterocycles. The van der Waals surface area contributed by atoms with E-state index in [2.05, 4.69) is 11.8 Å². The van der Waals surface area contributed by atoms with E-state index in [1.54, 1.807) is 0 Å². The minimum absolute atomic E-state index is 0.260. The highest BCUT2D eigenvalue weighted by Crippen LogP contribution is 2.27. The molecule has 1 aliphatic rings. The molecule has 0 saturated heterocycles. The van der Waals surface area contributed by atoms with Crippen LogP contribution in [0.4, 0.5) is 5.69 Å². The number of nitrogens with zero attached hydrogens (tertiary/aromatic N) is 1. The van der Waals surface area contributed by atoms with Crippen LogP contribution in [0.1, 0.15) is 38.2 Å². The second kappa shape index (κ2) is 5.89. The summed E-state index contributed by atoms with van der Waals surface area (Å²) < 4.78 is 0. The molecule has 1 saturated carbocycles. The molecule has 1 aromatic rings. The lowest BCUT2D eigenvalue weighted by molar-refractivity contribution is -0.131. The molecule has 98 valence electrons. The van der Waals surface area contributed by atoms with E-state index < -0.39 is 0 Å². The molecular weight excluding hydrogens is 224 g/mol. The Kier molecular flexibility index (Phi) is 4.24. The predicted octanol–water partition coefficient (Wildman–Crippen LogP) is 2.60.